The Morgan fingerprint density at radius 3 is 2.47 bits per heavy atom. The minimum atomic E-state index is -1.25. The molecule has 7 nitrogen and oxygen atoms in total. The van der Waals surface area contributed by atoms with Crippen LogP contribution in [-0.2, 0) is 18.8 Å². The first-order valence-electron chi connectivity index (χ1n) is 4.94. The molecule has 0 aliphatic heterocycles. The van der Waals surface area contributed by atoms with Crippen LogP contribution in [0.25, 0.3) is 0 Å². The van der Waals surface area contributed by atoms with E-state index < -0.39 is 23.4 Å². The average Bonchev–Trinajstić information content (AvgIpc) is 2.28. The lowest BCUT2D eigenvalue weighted by atomic mass is 10.1. The Hall–Kier alpha value is -1.20. The first kappa shape index (κ1) is 15.8. The van der Waals surface area contributed by atoms with Crippen molar-refractivity contribution in [1.29, 1.82) is 0 Å². The molecule has 0 saturated carbocycles. The summed E-state index contributed by atoms with van der Waals surface area (Å²) in [5.41, 5.74) is 0. The lowest BCUT2D eigenvalue weighted by Gasteiger charge is -2.25. The van der Waals surface area contributed by atoms with Gasteiger partial charge in [-0.3, -0.25) is 4.57 Å². The highest BCUT2D eigenvalue weighted by Gasteiger charge is 2.34. The number of hydrogen-bond donors (Lipinski definition) is 2. The van der Waals surface area contributed by atoms with E-state index in [1.54, 1.807) is 6.92 Å². The van der Waals surface area contributed by atoms with E-state index >= 15 is 0 Å². The first-order chi connectivity index (χ1) is 7.88. The number of ether oxygens (including phenoxy) is 2. The summed E-state index contributed by atoms with van der Waals surface area (Å²) >= 11 is 0. The van der Waals surface area contributed by atoms with Gasteiger partial charge in [0, 0.05) is 13.0 Å². The number of alkyl carbamates (subject to hydrolysis) is 1. The third kappa shape index (κ3) is 5.60. The molecule has 0 rings (SSSR count). The maximum Gasteiger partial charge on any atom is 0.407 e. The van der Waals surface area contributed by atoms with Crippen molar-refractivity contribution in [1.82, 2.24) is 5.32 Å². The van der Waals surface area contributed by atoms with Gasteiger partial charge in [-0.1, -0.05) is 0 Å². The Morgan fingerprint density at radius 2 is 2.12 bits per heavy atom. The van der Waals surface area contributed by atoms with Gasteiger partial charge in [-0.05, 0) is 13.8 Å². The van der Waals surface area contributed by atoms with Crippen molar-refractivity contribution in [3.05, 3.63) is 0 Å². The van der Waals surface area contributed by atoms with E-state index in [-0.39, 0.29) is 21.5 Å². The fourth-order valence-corrected chi connectivity index (χ4v) is 1.65. The van der Waals surface area contributed by atoms with Gasteiger partial charge in [0.15, 0.2) is 8.46 Å². The molecule has 0 aromatic heterocycles. The van der Waals surface area contributed by atoms with Gasteiger partial charge < -0.3 is 19.9 Å². The fourth-order valence-electron chi connectivity index (χ4n) is 1.21. The van der Waals surface area contributed by atoms with Crippen LogP contribution >= 0.6 is 8.46 Å². The van der Waals surface area contributed by atoms with Crippen LogP contribution in [0.1, 0.15) is 20.3 Å². The molecule has 0 spiro atoms. The van der Waals surface area contributed by atoms with Crippen molar-refractivity contribution in [2.45, 2.75) is 31.7 Å². The van der Waals surface area contributed by atoms with Crippen LogP contribution in [0.5, 0.6) is 0 Å². The van der Waals surface area contributed by atoms with Crippen molar-refractivity contribution >= 4 is 20.5 Å². The van der Waals surface area contributed by atoms with E-state index in [0.717, 1.165) is 7.11 Å². The number of rotatable bonds is 7. The Bertz CT molecular complexity index is 297. The van der Waals surface area contributed by atoms with E-state index in [0.29, 0.717) is 0 Å². The summed E-state index contributed by atoms with van der Waals surface area (Å²) < 4.78 is 20.5. The molecular weight excluding hydrogens is 249 g/mol. The second-order valence-corrected chi connectivity index (χ2v) is 4.56. The van der Waals surface area contributed by atoms with Crippen LogP contribution in [-0.4, -0.2) is 42.3 Å². The van der Waals surface area contributed by atoms with Gasteiger partial charge in [0.1, 0.15) is 11.4 Å². The smallest absolute Gasteiger partial charge is 0.407 e. The second-order valence-electron chi connectivity index (χ2n) is 3.43. The van der Waals surface area contributed by atoms with Gasteiger partial charge in [0.2, 0.25) is 0 Å². The number of carboxylic acids is 1. The molecule has 0 saturated heterocycles. The molecule has 2 N–H and O–H groups in total. The minimum Gasteiger partial charge on any atom is -0.480 e. The lowest BCUT2D eigenvalue weighted by molar-refractivity contribution is -0.140. The van der Waals surface area contributed by atoms with Gasteiger partial charge in [-0.2, -0.15) is 0 Å². The summed E-state index contributed by atoms with van der Waals surface area (Å²) in [6, 6.07) is -1.22. The quantitative estimate of drug-likeness (QED) is 0.671. The maximum absolute atomic E-state index is 11.0. The highest BCUT2D eigenvalue weighted by atomic mass is 31.1. The number of carbonyl (C=O) groups is 2. The molecule has 17 heavy (non-hydrogen) atoms. The van der Waals surface area contributed by atoms with E-state index in [2.05, 4.69) is 10.1 Å². The monoisotopic (exact) mass is 265 g/mol. The second kappa shape index (κ2) is 7.19. The number of amides is 1. The normalized spacial score (nSPS) is 15.9. The number of carbonyl (C=O) groups excluding carboxylic acids is 1. The molecule has 2 unspecified atom stereocenters. The van der Waals surface area contributed by atoms with E-state index in [9.17, 15) is 14.2 Å². The third-order valence-electron chi connectivity index (χ3n) is 2.01. The molecule has 0 bridgehead atoms. The number of hydrogen-bond acceptors (Lipinski definition) is 5. The zero-order chi connectivity index (χ0) is 13.5. The van der Waals surface area contributed by atoms with Gasteiger partial charge in [-0.15, -0.1) is 0 Å². The summed E-state index contributed by atoms with van der Waals surface area (Å²) in [4.78, 5) is 21.9. The Kier molecular flexibility index (Phi) is 6.68. The standard InChI is InChI=1S/C9H16NO6P/c1-4-16-9(2,17-14)5-6(7(11)12)10-8(13)15-3/h6H,4-5H2,1-3H3,(H,10,13)(H,11,12). The van der Waals surface area contributed by atoms with Gasteiger partial charge in [-0.25, -0.2) is 9.59 Å². The summed E-state index contributed by atoms with van der Waals surface area (Å²) in [5, 5.41) is 9.89. The van der Waals surface area contributed by atoms with Gasteiger partial charge in [0.25, 0.3) is 0 Å². The van der Waals surface area contributed by atoms with Crippen molar-refractivity contribution in [2.24, 2.45) is 0 Å². The fraction of sp³-hybridized carbons (Fsp3) is 0.778. The van der Waals surface area contributed by atoms with Crippen LogP contribution < -0.4 is 5.32 Å². The Balaban J connectivity index is 4.67. The highest BCUT2D eigenvalue weighted by Crippen LogP contribution is 2.29. The van der Waals surface area contributed by atoms with E-state index in [1.165, 1.54) is 6.92 Å². The maximum atomic E-state index is 11.0. The average molecular weight is 265 g/mol. The number of carboxylic acid groups (broad SMARTS) is 1. The molecule has 0 heterocycles. The summed E-state index contributed by atoms with van der Waals surface area (Å²) in [6.45, 7) is 3.49. The van der Waals surface area contributed by atoms with E-state index in [4.69, 9.17) is 9.84 Å². The molecule has 0 radical (unpaired) electrons. The lowest BCUT2D eigenvalue weighted by Crippen LogP contribution is -2.45. The SMILES string of the molecule is CCOC(C)(CC(NC(=O)OC)C(=O)O)P=O. The van der Waals surface area contributed by atoms with Crippen LogP contribution in [0.4, 0.5) is 4.79 Å². The highest BCUT2D eigenvalue weighted by molar-refractivity contribution is 7.25. The summed E-state index contributed by atoms with van der Waals surface area (Å²) in [6.07, 6.45) is -0.991. The van der Waals surface area contributed by atoms with Crippen molar-refractivity contribution in [3.8, 4) is 0 Å². The zero-order valence-electron chi connectivity index (χ0n) is 9.93. The van der Waals surface area contributed by atoms with Crippen LogP contribution in [0.3, 0.4) is 0 Å². The topological polar surface area (TPSA) is 102 Å². The number of nitrogens with one attached hydrogen (secondary N) is 1. The molecular formula is C9H16NO6P. The van der Waals surface area contributed by atoms with Crippen LogP contribution in [0, 0.1) is 0 Å². The van der Waals surface area contributed by atoms with E-state index in [1.807, 2.05) is 0 Å². The van der Waals surface area contributed by atoms with Crippen molar-refractivity contribution in [2.75, 3.05) is 13.7 Å². The molecule has 0 aliphatic rings. The number of aliphatic carboxylic acids is 1. The van der Waals surface area contributed by atoms with Crippen LogP contribution in [0.15, 0.2) is 0 Å². The molecule has 1 amide bonds. The molecule has 98 valence electrons. The summed E-state index contributed by atoms with van der Waals surface area (Å²) in [7, 11) is 0.783. The molecule has 0 aliphatic carbocycles. The van der Waals surface area contributed by atoms with Gasteiger partial charge >= 0.3 is 12.1 Å². The van der Waals surface area contributed by atoms with Crippen molar-refractivity contribution in [3.63, 3.8) is 0 Å². The third-order valence-corrected chi connectivity index (χ3v) is 2.70. The molecule has 2 atom stereocenters. The molecule has 8 heteroatoms. The molecule has 0 aromatic carbocycles. The predicted molar refractivity (Wildman–Crippen MR) is 59.2 cm³/mol. The zero-order valence-corrected chi connectivity index (χ0v) is 10.8. The van der Waals surface area contributed by atoms with Crippen molar-refractivity contribution < 1.29 is 28.7 Å². The number of methoxy groups -OCH3 is 1. The van der Waals surface area contributed by atoms with Crippen LogP contribution in [0.2, 0.25) is 0 Å². The predicted octanol–water partition coefficient (Wildman–Crippen LogP) is 1.23. The summed E-state index contributed by atoms with van der Waals surface area (Å²) in [5.74, 6) is -1.25. The molecule has 0 fully saturated rings. The Morgan fingerprint density at radius 1 is 1.53 bits per heavy atom. The molecule has 0 aromatic rings. The minimum absolute atomic E-state index is 0.129. The largest absolute Gasteiger partial charge is 0.480 e. The van der Waals surface area contributed by atoms with Gasteiger partial charge in [0.05, 0.1) is 7.11 Å². The Labute approximate surface area is 101 Å². The first-order valence-corrected chi connectivity index (χ1v) is 5.75.